The molecule has 0 heterocycles. The summed E-state index contributed by atoms with van der Waals surface area (Å²) in [5, 5.41) is 14.0. The Morgan fingerprint density at radius 2 is 2.05 bits per heavy atom. The van der Waals surface area contributed by atoms with Crippen LogP contribution in [0.4, 0.5) is 5.69 Å². The van der Waals surface area contributed by atoms with Gasteiger partial charge in [-0.25, -0.2) is 0 Å². The van der Waals surface area contributed by atoms with Crippen LogP contribution in [0.25, 0.3) is 0 Å². The van der Waals surface area contributed by atoms with Crippen LogP contribution in [0.3, 0.4) is 0 Å². The molecule has 1 aromatic rings. The minimum atomic E-state index is -0.497. The second kappa shape index (κ2) is 8.02. The number of halogens is 1. The van der Waals surface area contributed by atoms with E-state index in [9.17, 15) is 5.11 Å². The molecule has 21 heavy (non-hydrogen) atoms. The maximum Gasteiger partial charge on any atom is 0.0945 e. The van der Waals surface area contributed by atoms with Gasteiger partial charge >= 0.3 is 0 Å². The fourth-order valence-corrected chi connectivity index (χ4v) is 2.90. The second-order valence-electron chi connectivity index (χ2n) is 6.16. The number of anilines is 1. The predicted octanol–water partition coefficient (Wildman–Crippen LogP) is 4.02. The molecule has 0 bridgehead atoms. The zero-order valence-electron chi connectivity index (χ0n) is 12.9. The number of aliphatic hydroxyl groups excluding tert-OH is 1. The van der Waals surface area contributed by atoms with E-state index in [0.29, 0.717) is 19.3 Å². The summed E-state index contributed by atoms with van der Waals surface area (Å²) in [6.45, 7) is 5.13. The van der Waals surface area contributed by atoms with Crippen molar-refractivity contribution in [3.05, 3.63) is 28.8 Å². The van der Waals surface area contributed by atoms with Gasteiger partial charge in [0.1, 0.15) is 0 Å². The van der Waals surface area contributed by atoms with Crippen LogP contribution in [-0.4, -0.2) is 30.5 Å². The Labute approximate surface area is 132 Å². The van der Waals surface area contributed by atoms with Gasteiger partial charge in [0.25, 0.3) is 0 Å². The molecule has 0 amide bonds. The Hall–Kier alpha value is -0.770. The highest BCUT2D eigenvalue weighted by Crippen LogP contribution is 2.26. The summed E-state index contributed by atoms with van der Waals surface area (Å²) >= 11 is 6.08. The third kappa shape index (κ3) is 5.17. The van der Waals surface area contributed by atoms with Gasteiger partial charge in [0.05, 0.1) is 18.8 Å². The molecule has 1 aromatic carbocycles. The van der Waals surface area contributed by atoms with Gasteiger partial charge < -0.3 is 15.2 Å². The summed E-state index contributed by atoms with van der Waals surface area (Å²) in [7, 11) is 0. The van der Waals surface area contributed by atoms with Crippen LogP contribution in [0, 0.1) is 12.8 Å². The molecule has 0 spiro atoms. The van der Waals surface area contributed by atoms with Gasteiger partial charge in [-0.1, -0.05) is 24.6 Å². The summed E-state index contributed by atoms with van der Waals surface area (Å²) in [4.78, 5) is 0. The van der Waals surface area contributed by atoms with E-state index in [0.717, 1.165) is 35.0 Å². The van der Waals surface area contributed by atoms with E-state index in [2.05, 4.69) is 12.2 Å². The maximum atomic E-state index is 10.0. The van der Waals surface area contributed by atoms with Crippen LogP contribution < -0.4 is 5.32 Å². The summed E-state index contributed by atoms with van der Waals surface area (Å²) in [5.41, 5.74) is 1.97. The Balaban J connectivity index is 1.70. The smallest absolute Gasteiger partial charge is 0.0945 e. The molecule has 2 N–H and O–H groups in total. The van der Waals surface area contributed by atoms with E-state index >= 15 is 0 Å². The highest BCUT2D eigenvalue weighted by molar-refractivity contribution is 6.31. The van der Waals surface area contributed by atoms with Gasteiger partial charge in [0, 0.05) is 17.3 Å². The lowest BCUT2D eigenvalue weighted by atomic mass is 9.89. The van der Waals surface area contributed by atoms with Gasteiger partial charge in [-0.05, 0) is 56.2 Å². The molecule has 0 aromatic heterocycles. The number of benzene rings is 1. The molecule has 1 aliphatic rings. The Bertz CT molecular complexity index is 444. The lowest BCUT2D eigenvalue weighted by Gasteiger charge is -2.27. The van der Waals surface area contributed by atoms with Crippen LogP contribution in [-0.2, 0) is 4.74 Å². The number of aliphatic hydroxyl groups is 1. The first-order valence-electron chi connectivity index (χ1n) is 7.85. The first-order chi connectivity index (χ1) is 10.1. The fourth-order valence-electron chi connectivity index (χ4n) is 2.73. The molecule has 3 nitrogen and oxygen atoms in total. The fraction of sp³-hybridized carbons (Fsp3) is 0.647. The molecule has 118 valence electrons. The van der Waals surface area contributed by atoms with Crippen LogP contribution in [0.15, 0.2) is 18.2 Å². The van der Waals surface area contributed by atoms with E-state index < -0.39 is 6.10 Å². The van der Waals surface area contributed by atoms with E-state index in [-0.39, 0.29) is 0 Å². The molecule has 2 rings (SSSR count). The number of nitrogens with one attached hydrogen (secondary N) is 1. The van der Waals surface area contributed by atoms with Crippen LogP contribution in [0.2, 0.25) is 5.02 Å². The van der Waals surface area contributed by atoms with Crippen molar-refractivity contribution >= 4 is 17.3 Å². The van der Waals surface area contributed by atoms with Crippen molar-refractivity contribution in [3.8, 4) is 0 Å². The average Bonchev–Trinajstić information content (AvgIpc) is 2.48. The lowest BCUT2D eigenvalue weighted by Crippen LogP contribution is -2.29. The minimum Gasteiger partial charge on any atom is -0.389 e. The van der Waals surface area contributed by atoms with Gasteiger partial charge in [0.2, 0.25) is 0 Å². The number of rotatable bonds is 6. The maximum absolute atomic E-state index is 10.0. The van der Waals surface area contributed by atoms with Gasteiger partial charge in [-0.15, -0.1) is 0 Å². The summed E-state index contributed by atoms with van der Waals surface area (Å²) in [6, 6.07) is 5.74. The first-order valence-corrected chi connectivity index (χ1v) is 8.22. The summed E-state index contributed by atoms with van der Waals surface area (Å²) in [5.74, 6) is 0.822. The molecular formula is C17H26ClNO2. The van der Waals surface area contributed by atoms with Gasteiger partial charge in [0.15, 0.2) is 0 Å². The SMILES string of the molecule is Cc1c(Cl)cccc1NCC(O)COC1CCC(C)CC1. The zero-order chi connectivity index (χ0) is 15.2. The second-order valence-corrected chi connectivity index (χ2v) is 6.57. The van der Waals surface area contributed by atoms with Crippen molar-refractivity contribution in [3.63, 3.8) is 0 Å². The van der Waals surface area contributed by atoms with E-state index in [1.54, 1.807) is 0 Å². The van der Waals surface area contributed by atoms with Gasteiger partial charge in [-0.2, -0.15) is 0 Å². The predicted molar refractivity (Wildman–Crippen MR) is 88.1 cm³/mol. The largest absolute Gasteiger partial charge is 0.389 e. The Morgan fingerprint density at radius 1 is 1.33 bits per heavy atom. The van der Waals surface area contributed by atoms with Gasteiger partial charge in [-0.3, -0.25) is 0 Å². The molecule has 0 aliphatic heterocycles. The van der Waals surface area contributed by atoms with Crippen LogP contribution in [0.1, 0.15) is 38.2 Å². The molecule has 0 saturated heterocycles. The molecule has 1 saturated carbocycles. The van der Waals surface area contributed by atoms with E-state index in [1.807, 2.05) is 25.1 Å². The van der Waals surface area contributed by atoms with Crippen LogP contribution in [0.5, 0.6) is 0 Å². The molecular weight excluding hydrogens is 286 g/mol. The molecule has 1 fully saturated rings. The van der Waals surface area contributed by atoms with E-state index in [1.165, 1.54) is 12.8 Å². The number of hydrogen-bond acceptors (Lipinski definition) is 3. The number of ether oxygens (including phenoxy) is 1. The standard InChI is InChI=1S/C17H26ClNO2/c1-12-6-8-15(9-7-12)21-11-14(20)10-19-17-5-3-4-16(18)13(17)2/h3-5,12,14-15,19-20H,6-11H2,1-2H3. The third-order valence-corrected chi connectivity index (χ3v) is 4.69. The monoisotopic (exact) mass is 311 g/mol. The molecule has 1 unspecified atom stereocenters. The normalized spacial score (nSPS) is 23.8. The van der Waals surface area contributed by atoms with E-state index in [4.69, 9.17) is 16.3 Å². The van der Waals surface area contributed by atoms with Crippen molar-refractivity contribution in [2.24, 2.45) is 5.92 Å². The minimum absolute atomic E-state index is 0.323. The molecule has 0 radical (unpaired) electrons. The molecule has 1 aliphatic carbocycles. The average molecular weight is 312 g/mol. The summed E-state index contributed by atoms with van der Waals surface area (Å²) in [6.07, 6.45) is 4.54. The Morgan fingerprint density at radius 3 is 2.76 bits per heavy atom. The Kier molecular flexibility index (Phi) is 6.34. The third-order valence-electron chi connectivity index (χ3n) is 4.28. The van der Waals surface area contributed by atoms with Crippen LogP contribution >= 0.6 is 11.6 Å². The van der Waals surface area contributed by atoms with Crippen molar-refractivity contribution < 1.29 is 9.84 Å². The number of hydrogen-bond donors (Lipinski definition) is 2. The molecule has 4 heteroatoms. The summed E-state index contributed by atoms with van der Waals surface area (Å²) < 4.78 is 5.82. The topological polar surface area (TPSA) is 41.5 Å². The first kappa shape index (κ1) is 16.6. The molecule has 1 atom stereocenters. The lowest BCUT2D eigenvalue weighted by molar-refractivity contribution is -0.0245. The quantitative estimate of drug-likeness (QED) is 0.834. The highest BCUT2D eigenvalue weighted by Gasteiger charge is 2.19. The van der Waals surface area contributed by atoms with Crippen molar-refractivity contribution in [2.75, 3.05) is 18.5 Å². The van der Waals surface area contributed by atoms with Crippen molar-refractivity contribution in [1.82, 2.24) is 0 Å². The van der Waals surface area contributed by atoms with Crippen molar-refractivity contribution in [1.29, 1.82) is 0 Å². The zero-order valence-corrected chi connectivity index (χ0v) is 13.7. The van der Waals surface area contributed by atoms with Crippen molar-refractivity contribution in [2.45, 2.75) is 51.7 Å². The highest BCUT2D eigenvalue weighted by atomic mass is 35.5.